The predicted molar refractivity (Wildman–Crippen MR) is 118 cm³/mol. The molecule has 0 atom stereocenters. The smallest absolute Gasteiger partial charge is 0.264 e. The van der Waals surface area contributed by atoms with E-state index in [-0.39, 0.29) is 16.8 Å². The van der Waals surface area contributed by atoms with E-state index >= 15 is 0 Å². The van der Waals surface area contributed by atoms with E-state index in [4.69, 9.17) is 0 Å². The number of nitrogens with one attached hydrogen (secondary N) is 2. The molecule has 0 aliphatic carbocycles. The van der Waals surface area contributed by atoms with Gasteiger partial charge < -0.3 is 5.32 Å². The number of sulfonamides is 1. The van der Waals surface area contributed by atoms with Crippen molar-refractivity contribution in [3.63, 3.8) is 0 Å². The molecule has 1 amide bonds. The maximum absolute atomic E-state index is 12.3. The lowest BCUT2D eigenvalue weighted by Crippen LogP contribution is -2.16. The molecule has 1 heterocycles. The molecule has 29 heavy (non-hydrogen) atoms. The predicted octanol–water partition coefficient (Wildman–Crippen LogP) is 3.91. The number of carbonyl (C=O) groups excluding carboxylic acids is 1. The third kappa shape index (κ3) is 6.55. The first-order chi connectivity index (χ1) is 13.9. The molecule has 10 heteroatoms. The molecule has 0 aliphatic heterocycles. The van der Waals surface area contributed by atoms with Crippen LogP contribution < -0.4 is 10.0 Å². The van der Waals surface area contributed by atoms with Gasteiger partial charge in [0.25, 0.3) is 10.0 Å². The van der Waals surface area contributed by atoms with Crippen LogP contribution in [0.4, 0.5) is 11.6 Å². The number of halogens is 1. The van der Waals surface area contributed by atoms with Gasteiger partial charge in [-0.25, -0.2) is 23.1 Å². The molecule has 150 valence electrons. The second-order valence-electron chi connectivity index (χ2n) is 5.87. The highest BCUT2D eigenvalue weighted by Gasteiger charge is 2.15. The largest absolute Gasteiger partial charge is 0.325 e. The van der Waals surface area contributed by atoms with Crippen LogP contribution in [-0.4, -0.2) is 30.0 Å². The maximum Gasteiger partial charge on any atom is 0.264 e. The van der Waals surface area contributed by atoms with Crippen LogP contribution in [-0.2, 0) is 20.6 Å². The lowest BCUT2D eigenvalue weighted by Gasteiger charge is -2.08. The van der Waals surface area contributed by atoms with Crippen molar-refractivity contribution in [2.45, 2.75) is 10.6 Å². The van der Waals surface area contributed by atoms with Crippen LogP contribution in [0.15, 0.2) is 76.4 Å². The van der Waals surface area contributed by atoms with E-state index in [1.54, 1.807) is 6.07 Å². The molecule has 0 bridgehead atoms. The highest BCUT2D eigenvalue weighted by atomic mass is 79.9. The zero-order chi connectivity index (χ0) is 20.7. The third-order valence-electron chi connectivity index (χ3n) is 3.65. The SMILES string of the molecule is O=C(CSCc1ccc(Br)cc1)Nc1ccc(S(=O)(=O)Nc2ncccn2)cc1. The van der Waals surface area contributed by atoms with Crippen LogP contribution in [0, 0.1) is 0 Å². The quantitative estimate of drug-likeness (QED) is 0.494. The Labute approximate surface area is 181 Å². The van der Waals surface area contributed by atoms with Crippen molar-refractivity contribution in [1.29, 1.82) is 0 Å². The van der Waals surface area contributed by atoms with Crippen molar-refractivity contribution in [1.82, 2.24) is 9.97 Å². The van der Waals surface area contributed by atoms with Crippen LogP contribution in [0.3, 0.4) is 0 Å². The molecule has 0 saturated heterocycles. The normalized spacial score (nSPS) is 11.1. The fraction of sp³-hybridized carbons (Fsp3) is 0.105. The van der Waals surface area contributed by atoms with Crippen molar-refractivity contribution in [2.24, 2.45) is 0 Å². The van der Waals surface area contributed by atoms with Gasteiger partial charge in [-0.05, 0) is 48.0 Å². The minimum atomic E-state index is -3.80. The second-order valence-corrected chi connectivity index (χ2v) is 9.45. The number of benzene rings is 2. The van der Waals surface area contributed by atoms with Crippen molar-refractivity contribution in [3.05, 3.63) is 77.0 Å². The number of nitrogens with zero attached hydrogens (tertiary/aromatic N) is 2. The summed E-state index contributed by atoms with van der Waals surface area (Å²) in [5.74, 6) is 0.861. The van der Waals surface area contributed by atoms with Gasteiger partial charge in [0.15, 0.2) is 0 Å². The van der Waals surface area contributed by atoms with Crippen LogP contribution in [0.25, 0.3) is 0 Å². The first-order valence-electron chi connectivity index (χ1n) is 8.44. The molecule has 0 fully saturated rings. The van der Waals surface area contributed by atoms with E-state index in [1.807, 2.05) is 24.3 Å². The first kappa shape index (κ1) is 21.3. The number of hydrogen-bond acceptors (Lipinski definition) is 6. The molecule has 0 aliphatic rings. The molecule has 0 saturated carbocycles. The topological polar surface area (TPSA) is 101 Å². The summed E-state index contributed by atoms with van der Waals surface area (Å²) in [5, 5.41) is 2.76. The molecular formula is C19H17BrN4O3S2. The Bertz CT molecular complexity index is 1060. The molecule has 2 N–H and O–H groups in total. The number of carbonyl (C=O) groups is 1. The van der Waals surface area contributed by atoms with Gasteiger partial charge in [-0.1, -0.05) is 28.1 Å². The van der Waals surface area contributed by atoms with Crippen molar-refractivity contribution in [2.75, 3.05) is 15.8 Å². The summed E-state index contributed by atoms with van der Waals surface area (Å²) >= 11 is 4.89. The zero-order valence-electron chi connectivity index (χ0n) is 15.1. The lowest BCUT2D eigenvalue weighted by atomic mass is 10.2. The summed E-state index contributed by atoms with van der Waals surface area (Å²) in [7, 11) is -3.80. The average molecular weight is 493 g/mol. The van der Waals surface area contributed by atoms with Gasteiger partial charge >= 0.3 is 0 Å². The van der Waals surface area contributed by atoms with E-state index in [2.05, 4.69) is 35.9 Å². The minimum Gasteiger partial charge on any atom is -0.325 e. The average Bonchev–Trinajstić information content (AvgIpc) is 2.70. The standard InChI is InChI=1S/C19H17BrN4O3S2/c20-15-4-2-14(3-5-15)12-28-13-18(25)23-16-6-8-17(9-7-16)29(26,27)24-19-21-10-1-11-22-19/h1-11H,12-13H2,(H,23,25)(H,21,22,24). The summed E-state index contributed by atoms with van der Waals surface area (Å²) in [4.78, 5) is 19.8. The number of hydrogen-bond donors (Lipinski definition) is 2. The van der Waals surface area contributed by atoms with Gasteiger partial charge in [0.05, 0.1) is 10.6 Å². The zero-order valence-corrected chi connectivity index (χ0v) is 18.3. The van der Waals surface area contributed by atoms with E-state index < -0.39 is 10.0 Å². The highest BCUT2D eigenvalue weighted by Crippen LogP contribution is 2.18. The Hall–Kier alpha value is -2.43. The number of amides is 1. The Kier molecular flexibility index (Phi) is 7.24. The number of rotatable bonds is 8. The molecule has 3 aromatic rings. The van der Waals surface area contributed by atoms with E-state index in [9.17, 15) is 13.2 Å². The Morgan fingerprint density at radius 3 is 2.31 bits per heavy atom. The second kappa shape index (κ2) is 9.86. The molecule has 0 unspecified atom stereocenters. The van der Waals surface area contributed by atoms with Gasteiger partial charge in [-0.15, -0.1) is 11.8 Å². The summed E-state index contributed by atoms with van der Waals surface area (Å²) in [5.41, 5.74) is 1.66. The van der Waals surface area contributed by atoms with Crippen LogP contribution in [0.1, 0.15) is 5.56 Å². The molecular weight excluding hydrogens is 476 g/mol. The Balaban J connectivity index is 1.51. The number of thioether (sulfide) groups is 1. The van der Waals surface area contributed by atoms with Gasteiger partial charge in [0.2, 0.25) is 11.9 Å². The van der Waals surface area contributed by atoms with Gasteiger partial charge in [-0.2, -0.15) is 0 Å². The monoisotopic (exact) mass is 492 g/mol. The Morgan fingerprint density at radius 2 is 1.66 bits per heavy atom. The fourth-order valence-electron chi connectivity index (χ4n) is 2.29. The van der Waals surface area contributed by atoms with Crippen LogP contribution in [0.2, 0.25) is 0 Å². The molecule has 3 rings (SSSR count). The lowest BCUT2D eigenvalue weighted by molar-refractivity contribution is -0.113. The fourth-order valence-corrected chi connectivity index (χ4v) is 4.30. The number of aromatic nitrogens is 2. The van der Waals surface area contributed by atoms with Gasteiger partial charge in [0.1, 0.15) is 0 Å². The van der Waals surface area contributed by atoms with Crippen molar-refractivity contribution in [3.8, 4) is 0 Å². The van der Waals surface area contributed by atoms with E-state index in [0.29, 0.717) is 11.4 Å². The molecule has 7 nitrogen and oxygen atoms in total. The summed E-state index contributed by atoms with van der Waals surface area (Å²) < 4.78 is 28.0. The van der Waals surface area contributed by atoms with E-state index in [0.717, 1.165) is 15.8 Å². The molecule has 2 aromatic carbocycles. The molecule has 0 radical (unpaired) electrons. The molecule has 0 spiro atoms. The third-order valence-corrected chi connectivity index (χ3v) is 6.53. The van der Waals surface area contributed by atoms with Crippen LogP contribution >= 0.6 is 27.7 Å². The summed E-state index contributed by atoms with van der Waals surface area (Å²) in [6.45, 7) is 0. The van der Waals surface area contributed by atoms with Crippen LogP contribution in [0.5, 0.6) is 0 Å². The summed E-state index contributed by atoms with van der Waals surface area (Å²) in [6.07, 6.45) is 2.89. The summed E-state index contributed by atoms with van der Waals surface area (Å²) in [6, 6.07) is 15.4. The Morgan fingerprint density at radius 1 is 1.00 bits per heavy atom. The van der Waals surface area contributed by atoms with Crippen molar-refractivity contribution >= 4 is 55.3 Å². The van der Waals surface area contributed by atoms with Crippen molar-refractivity contribution < 1.29 is 13.2 Å². The highest BCUT2D eigenvalue weighted by molar-refractivity contribution is 9.10. The molecule has 1 aromatic heterocycles. The first-order valence-corrected chi connectivity index (χ1v) is 11.9. The van der Waals surface area contributed by atoms with E-state index in [1.165, 1.54) is 48.4 Å². The van der Waals surface area contributed by atoms with Gasteiger partial charge in [0, 0.05) is 28.3 Å². The van der Waals surface area contributed by atoms with Gasteiger partial charge in [-0.3, -0.25) is 4.79 Å². The minimum absolute atomic E-state index is 0.00678. The maximum atomic E-state index is 12.3. The number of anilines is 2.